The molecule has 0 unspecified atom stereocenters. The quantitative estimate of drug-likeness (QED) is 0.641. The minimum Gasteiger partial charge on any atom is -0.332 e. The van der Waals surface area contributed by atoms with Crippen molar-refractivity contribution in [1.29, 1.82) is 0 Å². The normalized spacial score (nSPS) is 12.7. The average Bonchev–Trinajstić information content (AvgIpc) is 3.21. The van der Waals surface area contributed by atoms with E-state index in [0.29, 0.717) is 24.3 Å². The number of para-hydroxylation sites is 1. The number of hydrogen-bond acceptors (Lipinski definition) is 3. The molecule has 0 spiro atoms. The van der Waals surface area contributed by atoms with Crippen LogP contribution in [0.1, 0.15) is 45.8 Å². The van der Waals surface area contributed by atoms with E-state index in [9.17, 15) is 9.59 Å². The molecule has 2 aromatic carbocycles. The van der Waals surface area contributed by atoms with Gasteiger partial charge in [0.1, 0.15) is 5.69 Å². The SMILES string of the molecule is CC(C)N(Cc1ccccc1)C(=O)c1ccnc(C(=O)N2CCc3ccccc32)c1. The molecule has 0 radical (unpaired) electrons. The van der Waals surface area contributed by atoms with Gasteiger partial charge in [-0.25, -0.2) is 0 Å². The molecule has 4 rings (SSSR count). The van der Waals surface area contributed by atoms with Gasteiger partial charge in [0.25, 0.3) is 11.8 Å². The zero-order valence-electron chi connectivity index (χ0n) is 17.3. The summed E-state index contributed by atoms with van der Waals surface area (Å²) in [5, 5.41) is 0. The maximum absolute atomic E-state index is 13.3. The topological polar surface area (TPSA) is 53.5 Å². The van der Waals surface area contributed by atoms with E-state index in [1.54, 1.807) is 23.2 Å². The molecule has 0 saturated carbocycles. The third-order valence-electron chi connectivity index (χ3n) is 5.44. The van der Waals surface area contributed by atoms with Gasteiger partial charge in [-0.1, -0.05) is 48.5 Å². The summed E-state index contributed by atoms with van der Waals surface area (Å²) in [4.78, 5) is 34.2. The van der Waals surface area contributed by atoms with Crippen molar-refractivity contribution in [1.82, 2.24) is 9.88 Å². The lowest BCUT2D eigenvalue weighted by atomic mass is 10.1. The van der Waals surface area contributed by atoms with E-state index in [-0.39, 0.29) is 17.9 Å². The number of nitrogens with zero attached hydrogens (tertiary/aromatic N) is 3. The number of carbonyl (C=O) groups excluding carboxylic acids is 2. The van der Waals surface area contributed by atoms with E-state index < -0.39 is 0 Å². The molecule has 152 valence electrons. The van der Waals surface area contributed by atoms with E-state index >= 15 is 0 Å². The Labute approximate surface area is 177 Å². The molecule has 0 N–H and O–H groups in total. The number of anilines is 1. The summed E-state index contributed by atoms with van der Waals surface area (Å²) in [7, 11) is 0. The molecule has 0 aliphatic carbocycles. The number of fused-ring (bicyclic) bond motifs is 1. The van der Waals surface area contributed by atoms with Gasteiger partial charge in [-0.05, 0) is 49.6 Å². The van der Waals surface area contributed by atoms with Gasteiger partial charge in [0.15, 0.2) is 0 Å². The lowest BCUT2D eigenvalue weighted by molar-refractivity contribution is 0.0690. The van der Waals surface area contributed by atoms with E-state index in [0.717, 1.165) is 23.2 Å². The van der Waals surface area contributed by atoms with Crippen LogP contribution in [0.5, 0.6) is 0 Å². The van der Waals surface area contributed by atoms with Gasteiger partial charge in [0.2, 0.25) is 0 Å². The molecule has 1 aliphatic heterocycles. The highest BCUT2D eigenvalue weighted by atomic mass is 16.2. The third-order valence-corrected chi connectivity index (χ3v) is 5.44. The summed E-state index contributed by atoms with van der Waals surface area (Å²) in [5.74, 6) is -0.277. The van der Waals surface area contributed by atoms with E-state index in [2.05, 4.69) is 4.98 Å². The minimum atomic E-state index is -0.172. The van der Waals surface area contributed by atoms with Crippen LogP contribution in [0.15, 0.2) is 72.9 Å². The highest BCUT2D eigenvalue weighted by Crippen LogP contribution is 2.28. The monoisotopic (exact) mass is 399 g/mol. The molecule has 5 heteroatoms. The molecule has 0 fully saturated rings. The fourth-order valence-corrected chi connectivity index (χ4v) is 3.80. The predicted molar refractivity (Wildman–Crippen MR) is 118 cm³/mol. The van der Waals surface area contributed by atoms with Gasteiger partial charge in [0, 0.05) is 36.6 Å². The van der Waals surface area contributed by atoms with Gasteiger partial charge in [-0.3, -0.25) is 14.6 Å². The van der Waals surface area contributed by atoms with Crippen molar-refractivity contribution in [3.05, 3.63) is 95.3 Å². The average molecular weight is 399 g/mol. The number of pyridine rings is 1. The highest BCUT2D eigenvalue weighted by Gasteiger charge is 2.27. The second-order valence-electron chi connectivity index (χ2n) is 7.78. The van der Waals surface area contributed by atoms with Gasteiger partial charge in [-0.2, -0.15) is 0 Å². The maximum Gasteiger partial charge on any atom is 0.276 e. The Balaban J connectivity index is 1.58. The van der Waals surface area contributed by atoms with Crippen molar-refractivity contribution in [3.8, 4) is 0 Å². The Bertz CT molecular complexity index is 1060. The van der Waals surface area contributed by atoms with Crippen molar-refractivity contribution in [2.24, 2.45) is 0 Å². The molecule has 0 saturated heterocycles. The molecule has 5 nitrogen and oxygen atoms in total. The van der Waals surface area contributed by atoms with Gasteiger partial charge in [0.05, 0.1) is 0 Å². The number of aromatic nitrogens is 1. The van der Waals surface area contributed by atoms with Crippen LogP contribution in [-0.2, 0) is 13.0 Å². The number of rotatable bonds is 5. The van der Waals surface area contributed by atoms with E-state index in [1.165, 1.54) is 0 Å². The summed E-state index contributed by atoms with van der Waals surface area (Å²) in [6, 6.07) is 21.1. The van der Waals surface area contributed by atoms with Crippen molar-refractivity contribution in [2.45, 2.75) is 32.9 Å². The fourth-order valence-electron chi connectivity index (χ4n) is 3.80. The zero-order chi connectivity index (χ0) is 21.1. The van der Waals surface area contributed by atoms with Gasteiger partial charge < -0.3 is 9.80 Å². The predicted octanol–water partition coefficient (Wildman–Crippen LogP) is 4.34. The number of hydrogen-bond donors (Lipinski definition) is 0. The molecular weight excluding hydrogens is 374 g/mol. The first-order valence-electron chi connectivity index (χ1n) is 10.3. The number of benzene rings is 2. The summed E-state index contributed by atoms with van der Waals surface area (Å²) in [6.07, 6.45) is 2.38. The summed E-state index contributed by atoms with van der Waals surface area (Å²) in [6.45, 7) is 5.14. The molecule has 30 heavy (non-hydrogen) atoms. The zero-order valence-corrected chi connectivity index (χ0v) is 17.3. The summed E-state index contributed by atoms with van der Waals surface area (Å²) >= 11 is 0. The molecule has 3 aromatic rings. The Kier molecular flexibility index (Phi) is 5.61. The standard InChI is InChI=1S/C25H25N3O2/c1-18(2)28(17-19-8-4-3-5-9-19)24(29)21-12-14-26-22(16-21)25(30)27-15-13-20-10-6-7-11-23(20)27/h3-12,14,16,18H,13,15,17H2,1-2H3. The third kappa shape index (κ3) is 3.96. The smallest absolute Gasteiger partial charge is 0.276 e. The Morgan fingerprint density at radius 1 is 1.03 bits per heavy atom. The van der Waals surface area contributed by atoms with Crippen molar-refractivity contribution >= 4 is 17.5 Å². The van der Waals surface area contributed by atoms with Crippen molar-refractivity contribution < 1.29 is 9.59 Å². The second kappa shape index (κ2) is 8.49. The van der Waals surface area contributed by atoms with Crippen LogP contribution in [0.2, 0.25) is 0 Å². The molecule has 0 bridgehead atoms. The van der Waals surface area contributed by atoms with E-state index in [1.807, 2.05) is 73.3 Å². The van der Waals surface area contributed by atoms with Gasteiger partial charge in [-0.15, -0.1) is 0 Å². The van der Waals surface area contributed by atoms with Crippen LogP contribution >= 0.6 is 0 Å². The molecule has 1 aliphatic rings. The van der Waals surface area contributed by atoms with Crippen molar-refractivity contribution in [2.75, 3.05) is 11.4 Å². The van der Waals surface area contributed by atoms with Crippen molar-refractivity contribution in [3.63, 3.8) is 0 Å². The van der Waals surface area contributed by atoms with Crippen LogP contribution in [0.25, 0.3) is 0 Å². The Morgan fingerprint density at radius 3 is 2.53 bits per heavy atom. The maximum atomic E-state index is 13.3. The first-order chi connectivity index (χ1) is 14.5. The Morgan fingerprint density at radius 2 is 1.77 bits per heavy atom. The summed E-state index contributed by atoms with van der Waals surface area (Å²) in [5.41, 5.74) is 3.92. The van der Waals surface area contributed by atoms with Crippen LogP contribution in [0.3, 0.4) is 0 Å². The molecule has 0 atom stereocenters. The highest BCUT2D eigenvalue weighted by molar-refractivity contribution is 6.07. The van der Waals surface area contributed by atoms with Crippen LogP contribution in [-0.4, -0.2) is 34.3 Å². The minimum absolute atomic E-state index is 0.0236. The number of carbonyl (C=O) groups is 2. The first-order valence-corrected chi connectivity index (χ1v) is 10.3. The number of amides is 2. The molecular formula is C25H25N3O2. The van der Waals surface area contributed by atoms with Gasteiger partial charge >= 0.3 is 0 Å². The van der Waals surface area contributed by atoms with E-state index in [4.69, 9.17) is 0 Å². The first kappa shape index (κ1) is 19.8. The lowest BCUT2D eigenvalue weighted by Gasteiger charge is -2.27. The summed E-state index contributed by atoms with van der Waals surface area (Å²) < 4.78 is 0. The van der Waals surface area contributed by atoms with Crippen LogP contribution in [0, 0.1) is 0 Å². The molecule has 2 heterocycles. The fraction of sp³-hybridized carbons (Fsp3) is 0.240. The molecule has 2 amide bonds. The van der Waals surface area contributed by atoms with Crippen LogP contribution in [0.4, 0.5) is 5.69 Å². The van der Waals surface area contributed by atoms with Crippen LogP contribution < -0.4 is 4.90 Å². The Hall–Kier alpha value is -3.47. The molecule has 1 aromatic heterocycles. The second-order valence-corrected chi connectivity index (χ2v) is 7.78. The lowest BCUT2D eigenvalue weighted by Crippen LogP contribution is -2.36. The largest absolute Gasteiger partial charge is 0.332 e.